The maximum Gasteiger partial charge on any atom is 0.185 e. The Morgan fingerprint density at radius 1 is 1.41 bits per heavy atom. The molecule has 4 nitrogen and oxygen atoms in total. The van der Waals surface area contributed by atoms with Crippen molar-refractivity contribution in [2.45, 2.75) is 19.9 Å². The number of ether oxygens (including phenoxy) is 1. The average molecular weight is 280 g/mol. The van der Waals surface area contributed by atoms with Crippen molar-refractivity contribution in [3.05, 3.63) is 10.6 Å². The van der Waals surface area contributed by atoms with Gasteiger partial charge >= 0.3 is 0 Å². The summed E-state index contributed by atoms with van der Waals surface area (Å²) in [5.41, 5.74) is 1.13. The van der Waals surface area contributed by atoms with Crippen LogP contribution in [-0.4, -0.2) is 39.3 Å². The standard InChI is InChI=1S/C11H21N3OS.ClH/c1-9-10(8-12-6-5-7-15-4)16-11(13-9)14(2)3;/h12H,5-8H2,1-4H3;1H. The molecule has 0 spiro atoms. The molecule has 1 aromatic rings. The van der Waals surface area contributed by atoms with Crippen LogP contribution in [0.4, 0.5) is 5.13 Å². The van der Waals surface area contributed by atoms with Crippen LogP contribution < -0.4 is 10.2 Å². The number of rotatable bonds is 7. The fourth-order valence-corrected chi connectivity index (χ4v) is 2.26. The molecule has 0 aliphatic rings. The summed E-state index contributed by atoms with van der Waals surface area (Å²) in [5.74, 6) is 0. The Hall–Kier alpha value is -0.360. The van der Waals surface area contributed by atoms with Gasteiger partial charge in [-0.3, -0.25) is 0 Å². The highest BCUT2D eigenvalue weighted by atomic mass is 35.5. The summed E-state index contributed by atoms with van der Waals surface area (Å²) >= 11 is 1.75. The third-order valence-electron chi connectivity index (χ3n) is 2.25. The number of thiazole rings is 1. The molecule has 0 amide bonds. The second-order valence-corrected chi connectivity index (χ2v) is 4.98. The Balaban J connectivity index is 0.00000256. The van der Waals surface area contributed by atoms with Gasteiger partial charge in [-0.05, 0) is 19.9 Å². The third-order valence-corrected chi connectivity index (χ3v) is 3.58. The number of halogens is 1. The van der Waals surface area contributed by atoms with E-state index in [1.807, 2.05) is 19.0 Å². The van der Waals surface area contributed by atoms with Crippen molar-refractivity contribution in [2.24, 2.45) is 0 Å². The summed E-state index contributed by atoms with van der Waals surface area (Å²) in [7, 11) is 5.78. The van der Waals surface area contributed by atoms with Crippen LogP contribution >= 0.6 is 23.7 Å². The highest BCUT2D eigenvalue weighted by molar-refractivity contribution is 7.15. The molecule has 100 valence electrons. The lowest BCUT2D eigenvalue weighted by Crippen LogP contribution is -2.15. The van der Waals surface area contributed by atoms with E-state index < -0.39 is 0 Å². The summed E-state index contributed by atoms with van der Waals surface area (Å²) in [6.45, 7) is 4.77. The van der Waals surface area contributed by atoms with Crippen molar-refractivity contribution in [2.75, 3.05) is 39.3 Å². The van der Waals surface area contributed by atoms with Crippen LogP contribution in [0.5, 0.6) is 0 Å². The fraction of sp³-hybridized carbons (Fsp3) is 0.727. The molecule has 0 radical (unpaired) electrons. The minimum absolute atomic E-state index is 0. The zero-order valence-electron chi connectivity index (χ0n) is 10.9. The lowest BCUT2D eigenvalue weighted by Gasteiger charge is -2.05. The predicted molar refractivity (Wildman–Crippen MR) is 76.6 cm³/mol. The van der Waals surface area contributed by atoms with Gasteiger partial charge < -0.3 is 15.0 Å². The number of hydrogen-bond acceptors (Lipinski definition) is 5. The van der Waals surface area contributed by atoms with Gasteiger partial charge in [0.2, 0.25) is 0 Å². The Morgan fingerprint density at radius 2 is 2.12 bits per heavy atom. The molecule has 6 heteroatoms. The van der Waals surface area contributed by atoms with E-state index >= 15 is 0 Å². The van der Waals surface area contributed by atoms with E-state index in [1.165, 1.54) is 4.88 Å². The van der Waals surface area contributed by atoms with E-state index in [1.54, 1.807) is 18.4 Å². The molecule has 1 aromatic heterocycles. The molecular formula is C11H22ClN3OS. The summed E-state index contributed by atoms with van der Waals surface area (Å²) in [6, 6.07) is 0. The van der Waals surface area contributed by atoms with Crippen LogP contribution in [0.2, 0.25) is 0 Å². The topological polar surface area (TPSA) is 37.4 Å². The van der Waals surface area contributed by atoms with Crippen molar-refractivity contribution < 1.29 is 4.74 Å². The number of nitrogens with one attached hydrogen (secondary N) is 1. The monoisotopic (exact) mass is 279 g/mol. The minimum Gasteiger partial charge on any atom is -0.385 e. The van der Waals surface area contributed by atoms with Crippen LogP contribution in [-0.2, 0) is 11.3 Å². The molecule has 0 aliphatic heterocycles. The summed E-state index contributed by atoms with van der Waals surface area (Å²) in [6.07, 6.45) is 1.05. The molecule has 0 aliphatic carbocycles. The Labute approximate surface area is 114 Å². The molecule has 1 heterocycles. The van der Waals surface area contributed by atoms with Crippen molar-refractivity contribution in [3.63, 3.8) is 0 Å². The van der Waals surface area contributed by atoms with Crippen LogP contribution in [0.15, 0.2) is 0 Å². The van der Waals surface area contributed by atoms with Gasteiger partial charge in [0.1, 0.15) is 0 Å². The number of nitrogens with zero attached hydrogens (tertiary/aromatic N) is 2. The van der Waals surface area contributed by atoms with E-state index in [-0.39, 0.29) is 12.4 Å². The van der Waals surface area contributed by atoms with E-state index in [9.17, 15) is 0 Å². The molecule has 0 aromatic carbocycles. The van der Waals surface area contributed by atoms with Crippen molar-refractivity contribution in [1.82, 2.24) is 10.3 Å². The molecular weight excluding hydrogens is 258 g/mol. The first-order valence-corrected chi connectivity index (χ1v) is 6.30. The Morgan fingerprint density at radius 3 is 2.65 bits per heavy atom. The quantitative estimate of drug-likeness (QED) is 0.776. The van der Waals surface area contributed by atoms with Gasteiger partial charge in [0.25, 0.3) is 0 Å². The zero-order valence-corrected chi connectivity index (χ0v) is 12.6. The molecule has 0 saturated heterocycles. The fourth-order valence-electron chi connectivity index (χ4n) is 1.31. The predicted octanol–water partition coefficient (Wildman–Crippen LogP) is 2.07. The maximum absolute atomic E-state index is 5.00. The normalized spacial score (nSPS) is 10.1. The number of aromatic nitrogens is 1. The van der Waals surface area contributed by atoms with Gasteiger partial charge in [0.15, 0.2) is 5.13 Å². The van der Waals surface area contributed by atoms with E-state index in [2.05, 4.69) is 17.2 Å². The van der Waals surface area contributed by atoms with Gasteiger partial charge in [-0.1, -0.05) is 0 Å². The highest BCUT2D eigenvalue weighted by Crippen LogP contribution is 2.24. The number of hydrogen-bond donors (Lipinski definition) is 1. The number of aryl methyl sites for hydroxylation is 1. The van der Waals surface area contributed by atoms with Gasteiger partial charge in [0.05, 0.1) is 5.69 Å². The largest absolute Gasteiger partial charge is 0.385 e. The van der Waals surface area contributed by atoms with Gasteiger partial charge in [-0.15, -0.1) is 23.7 Å². The van der Waals surface area contributed by atoms with Crippen molar-refractivity contribution >= 4 is 28.9 Å². The van der Waals surface area contributed by atoms with Crippen LogP contribution in [0.3, 0.4) is 0 Å². The van der Waals surface area contributed by atoms with Gasteiger partial charge in [0, 0.05) is 39.2 Å². The first kappa shape index (κ1) is 16.6. The maximum atomic E-state index is 5.00. The molecule has 0 bridgehead atoms. The van der Waals surface area contributed by atoms with E-state index in [0.717, 1.165) is 36.9 Å². The van der Waals surface area contributed by atoms with E-state index in [0.29, 0.717) is 0 Å². The minimum atomic E-state index is 0. The first-order chi connectivity index (χ1) is 7.65. The Bertz CT molecular complexity index is 318. The molecule has 0 unspecified atom stereocenters. The molecule has 0 saturated carbocycles. The van der Waals surface area contributed by atoms with Crippen LogP contribution in [0, 0.1) is 6.92 Å². The van der Waals surface area contributed by atoms with Gasteiger partial charge in [-0.25, -0.2) is 4.98 Å². The van der Waals surface area contributed by atoms with Gasteiger partial charge in [-0.2, -0.15) is 0 Å². The summed E-state index contributed by atoms with van der Waals surface area (Å²) in [5, 5.41) is 4.48. The molecule has 0 atom stereocenters. The lowest BCUT2D eigenvalue weighted by molar-refractivity contribution is 0.194. The number of methoxy groups -OCH3 is 1. The lowest BCUT2D eigenvalue weighted by atomic mass is 10.4. The first-order valence-electron chi connectivity index (χ1n) is 5.48. The molecule has 1 N–H and O–H groups in total. The third kappa shape index (κ3) is 5.68. The molecule has 1 rings (SSSR count). The Kier molecular flexibility index (Phi) is 8.51. The SMILES string of the molecule is COCCCNCc1sc(N(C)C)nc1C.Cl. The van der Waals surface area contributed by atoms with Crippen molar-refractivity contribution in [1.29, 1.82) is 0 Å². The zero-order chi connectivity index (χ0) is 12.0. The van der Waals surface area contributed by atoms with Crippen LogP contribution in [0.25, 0.3) is 0 Å². The van der Waals surface area contributed by atoms with Crippen LogP contribution in [0.1, 0.15) is 17.0 Å². The number of anilines is 1. The van der Waals surface area contributed by atoms with E-state index in [4.69, 9.17) is 4.74 Å². The summed E-state index contributed by atoms with van der Waals surface area (Å²) < 4.78 is 5.00. The highest BCUT2D eigenvalue weighted by Gasteiger charge is 2.07. The van der Waals surface area contributed by atoms with Crippen molar-refractivity contribution in [3.8, 4) is 0 Å². The summed E-state index contributed by atoms with van der Waals surface area (Å²) in [4.78, 5) is 7.87. The second kappa shape index (κ2) is 8.69. The average Bonchev–Trinajstić information content (AvgIpc) is 2.60. The molecule has 0 fully saturated rings. The molecule has 17 heavy (non-hydrogen) atoms. The smallest absolute Gasteiger partial charge is 0.185 e. The second-order valence-electron chi connectivity index (χ2n) is 3.92.